The Balaban J connectivity index is 1.67. The minimum atomic E-state index is -3.69. The molecule has 0 saturated carbocycles. The molecule has 1 saturated heterocycles. The summed E-state index contributed by atoms with van der Waals surface area (Å²) >= 11 is 0. The van der Waals surface area contributed by atoms with E-state index < -0.39 is 33.7 Å². The van der Waals surface area contributed by atoms with E-state index >= 15 is 0 Å². The molecular formula is C27H32FN5O6S. The second-order valence-corrected chi connectivity index (χ2v) is 11.8. The lowest BCUT2D eigenvalue weighted by molar-refractivity contribution is -0.137. The molecule has 0 bridgehead atoms. The number of primary amides is 1. The SMILES string of the molecule is CNC(=O)c1c(-c2ccc(F)cc2)oc2nc(N(C)S(C)(=O)=O)c(CCCCC(=O)N3CCC[C@H]3C(N)=O)cc12. The largest absolute Gasteiger partial charge is 0.437 e. The van der Waals surface area contributed by atoms with Gasteiger partial charge in [-0.05, 0) is 68.0 Å². The summed E-state index contributed by atoms with van der Waals surface area (Å²) in [6, 6.07) is 6.54. The molecule has 1 aliphatic heterocycles. The first kappa shape index (κ1) is 29.0. The van der Waals surface area contributed by atoms with Gasteiger partial charge in [0.05, 0.1) is 17.2 Å². The second kappa shape index (κ2) is 11.6. The van der Waals surface area contributed by atoms with Gasteiger partial charge >= 0.3 is 0 Å². The number of furan rings is 1. The van der Waals surface area contributed by atoms with Crippen molar-refractivity contribution in [3.63, 3.8) is 0 Å². The van der Waals surface area contributed by atoms with E-state index in [9.17, 15) is 27.2 Å². The summed E-state index contributed by atoms with van der Waals surface area (Å²) in [5, 5.41) is 2.95. The van der Waals surface area contributed by atoms with Gasteiger partial charge in [0, 0.05) is 32.6 Å². The van der Waals surface area contributed by atoms with Crippen LogP contribution in [0.4, 0.5) is 10.2 Å². The summed E-state index contributed by atoms with van der Waals surface area (Å²) in [6.07, 6.45) is 3.90. The number of amides is 3. The number of carbonyl (C=O) groups is 3. The van der Waals surface area contributed by atoms with Crippen molar-refractivity contribution >= 4 is 44.7 Å². The molecule has 4 rings (SSSR count). The fourth-order valence-corrected chi connectivity index (χ4v) is 5.39. The van der Waals surface area contributed by atoms with E-state index in [1.165, 1.54) is 43.3 Å². The Morgan fingerprint density at radius 2 is 1.93 bits per heavy atom. The number of fused-ring (bicyclic) bond motifs is 1. The molecule has 3 N–H and O–H groups in total. The number of unbranched alkanes of at least 4 members (excludes halogenated alkanes) is 1. The molecule has 3 aromatic rings. The number of nitrogens with zero attached hydrogens (tertiary/aromatic N) is 3. The van der Waals surface area contributed by atoms with Crippen LogP contribution in [0.1, 0.15) is 48.0 Å². The summed E-state index contributed by atoms with van der Waals surface area (Å²) in [7, 11) is -0.853. The summed E-state index contributed by atoms with van der Waals surface area (Å²) in [6.45, 7) is 0.496. The number of likely N-dealkylation sites (tertiary alicyclic amines) is 1. The molecule has 3 amide bonds. The number of hydrogen-bond donors (Lipinski definition) is 2. The average molecular weight is 574 g/mol. The van der Waals surface area contributed by atoms with E-state index in [4.69, 9.17) is 10.2 Å². The molecule has 40 heavy (non-hydrogen) atoms. The third kappa shape index (κ3) is 5.93. The maximum atomic E-state index is 13.5. The van der Waals surface area contributed by atoms with Crippen LogP contribution < -0.4 is 15.4 Å². The summed E-state index contributed by atoms with van der Waals surface area (Å²) in [5.74, 6) is -1.25. The number of nitrogens with two attached hydrogens (primary N) is 1. The number of halogens is 1. The van der Waals surface area contributed by atoms with Crippen molar-refractivity contribution in [1.29, 1.82) is 0 Å². The van der Waals surface area contributed by atoms with Crippen molar-refractivity contribution in [2.45, 2.75) is 44.6 Å². The summed E-state index contributed by atoms with van der Waals surface area (Å²) in [5.41, 5.74) is 6.66. The van der Waals surface area contributed by atoms with Crippen LogP contribution in [-0.4, -0.2) is 69.0 Å². The highest BCUT2D eigenvalue weighted by Crippen LogP contribution is 2.36. The number of aromatic nitrogens is 1. The second-order valence-electron chi connectivity index (χ2n) is 9.80. The van der Waals surface area contributed by atoms with Gasteiger partial charge in [0.15, 0.2) is 0 Å². The Morgan fingerprint density at radius 3 is 2.55 bits per heavy atom. The van der Waals surface area contributed by atoms with Crippen molar-refractivity contribution in [2.24, 2.45) is 5.73 Å². The maximum Gasteiger partial charge on any atom is 0.255 e. The third-order valence-corrected chi connectivity index (χ3v) is 8.25. The predicted molar refractivity (Wildman–Crippen MR) is 148 cm³/mol. The van der Waals surface area contributed by atoms with Gasteiger partial charge in [-0.2, -0.15) is 4.98 Å². The molecule has 2 aromatic heterocycles. The summed E-state index contributed by atoms with van der Waals surface area (Å²) < 4.78 is 45.4. The molecule has 214 valence electrons. The molecule has 1 aromatic carbocycles. The molecule has 0 unspecified atom stereocenters. The quantitative estimate of drug-likeness (QED) is 0.353. The molecule has 13 heteroatoms. The fourth-order valence-electron chi connectivity index (χ4n) is 4.92. The van der Waals surface area contributed by atoms with E-state index in [0.717, 1.165) is 17.0 Å². The van der Waals surface area contributed by atoms with Gasteiger partial charge in [0.2, 0.25) is 27.6 Å². The normalized spacial score (nSPS) is 15.4. The minimum absolute atomic E-state index is 0.0499. The number of nitrogens with one attached hydrogen (secondary N) is 1. The van der Waals surface area contributed by atoms with E-state index in [1.807, 2.05) is 0 Å². The van der Waals surface area contributed by atoms with Crippen LogP contribution in [0.15, 0.2) is 34.7 Å². The van der Waals surface area contributed by atoms with Gasteiger partial charge in [-0.15, -0.1) is 0 Å². The molecule has 0 spiro atoms. The zero-order valence-electron chi connectivity index (χ0n) is 22.6. The Hall–Kier alpha value is -4.00. The van der Waals surface area contributed by atoms with Gasteiger partial charge < -0.3 is 20.4 Å². The molecule has 1 aliphatic rings. The van der Waals surface area contributed by atoms with Crippen molar-refractivity contribution in [3.05, 3.63) is 47.3 Å². The van der Waals surface area contributed by atoms with Crippen LogP contribution in [0.2, 0.25) is 0 Å². The monoisotopic (exact) mass is 573 g/mol. The van der Waals surface area contributed by atoms with Crippen LogP contribution in [0.5, 0.6) is 0 Å². The lowest BCUT2D eigenvalue weighted by Gasteiger charge is -2.22. The minimum Gasteiger partial charge on any atom is -0.437 e. The molecule has 11 nitrogen and oxygen atoms in total. The zero-order chi connectivity index (χ0) is 29.2. The first-order valence-corrected chi connectivity index (χ1v) is 14.7. The van der Waals surface area contributed by atoms with Gasteiger partial charge in [0.1, 0.15) is 23.4 Å². The molecular weight excluding hydrogens is 541 g/mol. The Kier molecular flexibility index (Phi) is 8.43. The van der Waals surface area contributed by atoms with Crippen LogP contribution >= 0.6 is 0 Å². The fraction of sp³-hybridized carbons (Fsp3) is 0.407. The lowest BCUT2D eigenvalue weighted by atomic mass is 10.0. The number of benzene rings is 1. The van der Waals surface area contributed by atoms with Crippen molar-refractivity contribution in [1.82, 2.24) is 15.2 Å². The highest BCUT2D eigenvalue weighted by Gasteiger charge is 2.32. The smallest absolute Gasteiger partial charge is 0.255 e. The molecule has 0 radical (unpaired) electrons. The van der Waals surface area contributed by atoms with Crippen LogP contribution in [0.3, 0.4) is 0 Å². The van der Waals surface area contributed by atoms with E-state index in [-0.39, 0.29) is 35.2 Å². The number of hydrogen-bond acceptors (Lipinski definition) is 7. The Labute approximate surface area is 231 Å². The highest BCUT2D eigenvalue weighted by molar-refractivity contribution is 7.92. The average Bonchev–Trinajstić information content (AvgIpc) is 3.55. The van der Waals surface area contributed by atoms with Gasteiger partial charge in [0.25, 0.3) is 5.91 Å². The van der Waals surface area contributed by atoms with Crippen molar-refractivity contribution in [3.8, 4) is 11.3 Å². The number of rotatable bonds is 10. The molecule has 1 fully saturated rings. The topological polar surface area (TPSA) is 156 Å². The number of carbonyl (C=O) groups excluding carboxylic acids is 3. The van der Waals surface area contributed by atoms with Crippen LogP contribution in [-0.2, 0) is 26.0 Å². The maximum absolute atomic E-state index is 13.5. The summed E-state index contributed by atoms with van der Waals surface area (Å²) in [4.78, 5) is 43.3. The van der Waals surface area contributed by atoms with Crippen molar-refractivity contribution in [2.75, 3.05) is 31.2 Å². The standard InChI is InChI=1S/C27H32FN5O6S/c1-30-26(36)22-19-15-17(7-4-5-9-21(34)33-14-6-8-20(33)24(29)35)25(32(2)40(3,37)38)31-27(19)39-23(22)16-10-12-18(28)13-11-16/h10-13,15,20H,4-9,14H2,1-3H3,(H2,29,35)(H,30,36)/t20-/m0/s1. The van der Waals surface area contributed by atoms with Gasteiger partial charge in [-0.25, -0.2) is 12.8 Å². The molecule has 1 atom stereocenters. The number of anilines is 1. The lowest BCUT2D eigenvalue weighted by Crippen LogP contribution is -2.43. The van der Waals surface area contributed by atoms with Crippen LogP contribution in [0.25, 0.3) is 22.4 Å². The van der Waals surface area contributed by atoms with E-state index in [2.05, 4.69) is 10.3 Å². The van der Waals surface area contributed by atoms with Crippen LogP contribution in [0, 0.1) is 5.82 Å². The molecule has 3 heterocycles. The van der Waals surface area contributed by atoms with Gasteiger partial charge in [-0.3, -0.25) is 18.7 Å². The van der Waals surface area contributed by atoms with E-state index in [0.29, 0.717) is 48.7 Å². The number of aryl methyl sites for hydroxylation is 1. The Morgan fingerprint density at radius 1 is 1.23 bits per heavy atom. The van der Waals surface area contributed by atoms with Crippen molar-refractivity contribution < 1.29 is 31.6 Å². The first-order chi connectivity index (χ1) is 18.9. The highest BCUT2D eigenvalue weighted by atomic mass is 32.2. The first-order valence-electron chi connectivity index (χ1n) is 12.9. The number of sulfonamides is 1. The van der Waals surface area contributed by atoms with E-state index in [1.54, 1.807) is 6.07 Å². The van der Waals surface area contributed by atoms with Gasteiger partial charge in [-0.1, -0.05) is 0 Å². The predicted octanol–water partition coefficient (Wildman–Crippen LogP) is 2.58. The third-order valence-electron chi connectivity index (χ3n) is 7.08. The zero-order valence-corrected chi connectivity index (χ0v) is 23.4. The number of pyridine rings is 1. The Bertz CT molecular complexity index is 1550. The molecule has 0 aliphatic carbocycles.